The second kappa shape index (κ2) is 5.35. The van der Waals surface area contributed by atoms with Crippen molar-refractivity contribution in [3.63, 3.8) is 0 Å². The number of aliphatic carboxylic acids is 1. The van der Waals surface area contributed by atoms with E-state index < -0.39 is 5.97 Å². The Morgan fingerprint density at radius 3 is 2.50 bits per heavy atom. The molecule has 82 valence electrons. The zero-order chi connectivity index (χ0) is 10.6. The highest BCUT2D eigenvalue weighted by atomic mass is 16.4. The van der Waals surface area contributed by atoms with Crippen molar-refractivity contribution in [2.75, 3.05) is 13.6 Å². The molecule has 0 saturated heterocycles. The van der Waals surface area contributed by atoms with Gasteiger partial charge in [-0.05, 0) is 26.3 Å². The Morgan fingerprint density at radius 2 is 2.07 bits per heavy atom. The third-order valence-electron chi connectivity index (χ3n) is 3.30. The summed E-state index contributed by atoms with van der Waals surface area (Å²) in [6, 6.07) is 0.628. The molecular formula is C11H21NO2. The fourth-order valence-electron chi connectivity index (χ4n) is 2.22. The van der Waals surface area contributed by atoms with Crippen molar-refractivity contribution in [3.05, 3.63) is 0 Å². The standard InChI is InChI=1S/C11H21NO2/c1-3-9(11(13)14)8-12(2)10-6-4-5-7-10/h9-10H,3-8H2,1-2H3,(H,13,14). The van der Waals surface area contributed by atoms with Crippen LogP contribution in [0, 0.1) is 5.92 Å². The van der Waals surface area contributed by atoms with Crippen molar-refractivity contribution < 1.29 is 9.90 Å². The predicted molar refractivity (Wildman–Crippen MR) is 56.3 cm³/mol. The van der Waals surface area contributed by atoms with E-state index in [4.69, 9.17) is 5.11 Å². The van der Waals surface area contributed by atoms with E-state index in [1.54, 1.807) is 0 Å². The molecule has 1 aliphatic carbocycles. The van der Waals surface area contributed by atoms with Crippen molar-refractivity contribution in [3.8, 4) is 0 Å². The van der Waals surface area contributed by atoms with Crippen LogP contribution in [0.25, 0.3) is 0 Å². The first-order chi connectivity index (χ1) is 6.65. The topological polar surface area (TPSA) is 40.5 Å². The molecule has 0 aromatic rings. The molecule has 1 atom stereocenters. The van der Waals surface area contributed by atoms with Gasteiger partial charge in [0.2, 0.25) is 0 Å². The molecule has 1 unspecified atom stereocenters. The first-order valence-electron chi connectivity index (χ1n) is 5.58. The van der Waals surface area contributed by atoms with E-state index >= 15 is 0 Å². The van der Waals surface area contributed by atoms with E-state index in [0.717, 1.165) is 6.42 Å². The van der Waals surface area contributed by atoms with Crippen LogP contribution in [0.4, 0.5) is 0 Å². The third-order valence-corrected chi connectivity index (χ3v) is 3.30. The average molecular weight is 199 g/mol. The predicted octanol–water partition coefficient (Wildman–Crippen LogP) is 1.97. The van der Waals surface area contributed by atoms with Gasteiger partial charge in [0.25, 0.3) is 0 Å². The summed E-state index contributed by atoms with van der Waals surface area (Å²) in [4.78, 5) is 13.1. The van der Waals surface area contributed by atoms with Crippen LogP contribution in [0.1, 0.15) is 39.0 Å². The molecule has 0 bridgehead atoms. The number of carbonyl (C=O) groups is 1. The molecule has 0 aromatic heterocycles. The SMILES string of the molecule is CCC(CN(C)C1CCCC1)C(=O)O. The van der Waals surface area contributed by atoms with Crippen LogP contribution in [0.5, 0.6) is 0 Å². The molecule has 0 amide bonds. The number of rotatable bonds is 5. The minimum Gasteiger partial charge on any atom is -0.481 e. The average Bonchev–Trinajstić information content (AvgIpc) is 2.65. The lowest BCUT2D eigenvalue weighted by molar-refractivity contribution is -0.142. The van der Waals surface area contributed by atoms with Crippen LogP contribution in [-0.4, -0.2) is 35.6 Å². The zero-order valence-corrected chi connectivity index (χ0v) is 9.20. The lowest BCUT2D eigenvalue weighted by Crippen LogP contribution is -2.36. The van der Waals surface area contributed by atoms with Crippen LogP contribution in [0.15, 0.2) is 0 Å². The lowest BCUT2D eigenvalue weighted by Gasteiger charge is -2.26. The van der Waals surface area contributed by atoms with Crippen LogP contribution in [0.2, 0.25) is 0 Å². The smallest absolute Gasteiger partial charge is 0.307 e. The Bertz CT molecular complexity index is 188. The van der Waals surface area contributed by atoms with Crippen LogP contribution in [-0.2, 0) is 4.79 Å². The van der Waals surface area contributed by atoms with Gasteiger partial charge in [0.1, 0.15) is 0 Å². The van der Waals surface area contributed by atoms with E-state index in [-0.39, 0.29) is 5.92 Å². The molecule has 1 N–H and O–H groups in total. The lowest BCUT2D eigenvalue weighted by atomic mass is 10.1. The molecular weight excluding hydrogens is 178 g/mol. The molecule has 1 saturated carbocycles. The second-order valence-electron chi connectivity index (χ2n) is 4.32. The first-order valence-corrected chi connectivity index (χ1v) is 5.58. The van der Waals surface area contributed by atoms with Crippen LogP contribution >= 0.6 is 0 Å². The van der Waals surface area contributed by atoms with E-state index in [0.29, 0.717) is 12.6 Å². The van der Waals surface area contributed by atoms with Gasteiger partial charge in [0.05, 0.1) is 5.92 Å². The monoisotopic (exact) mass is 199 g/mol. The van der Waals surface area contributed by atoms with Gasteiger partial charge in [-0.25, -0.2) is 0 Å². The van der Waals surface area contributed by atoms with Gasteiger partial charge in [-0.15, -0.1) is 0 Å². The molecule has 0 spiro atoms. The van der Waals surface area contributed by atoms with E-state index in [1.165, 1.54) is 25.7 Å². The highest BCUT2D eigenvalue weighted by molar-refractivity contribution is 5.70. The Morgan fingerprint density at radius 1 is 1.50 bits per heavy atom. The van der Waals surface area contributed by atoms with Crippen LogP contribution in [0.3, 0.4) is 0 Å². The van der Waals surface area contributed by atoms with Crippen molar-refractivity contribution in [2.24, 2.45) is 5.92 Å². The van der Waals surface area contributed by atoms with Crippen molar-refractivity contribution in [1.29, 1.82) is 0 Å². The third kappa shape index (κ3) is 2.98. The largest absolute Gasteiger partial charge is 0.481 e. The summed E-state index contributed by atoms with van der Waals surface area (Å²) in [5.41, 5.74) is 0. The number of hydrogen-bond acceptors (Lipinski definition) is 2. The fraction of sp³-hybridized carbons (Fsp3) is 0.909. The number of carboxylic acids is 1. The van der Waals surface area contributed by atoms with Gasteiger partial charge in [0.15, 0.2) is 0 Å². The quantitative estimate of drug-likeness (QED) is 0.736. The van der Waals surface area contributed by atoms with Crippen molar-refractivity contribution >= 4 is 5.97 Å². The van der Waals surface area contributed by atoms with Gasteiger partial charge < -0.3 is 10.0 Å². The summed E-state index contributed by atoms with van der Waals surface area (Å²) in [7, 11) is 2.06. The van der Waals surface area contributed by atoms with Gasteiger partial charge in [-0.3, -0.25) is 4.79 Å². The van der Waals surface area contributed by atoms with Gasteiger partial charge >= 0.3 is 5.97 Å². The number of hydrogen-bond donors (Lipinski definition) is 1. The molecule has 3 nitrogen and oxygen atoms in total. The molecule has 1 fully saturated rings. The van der Waals surface area contributed by atoms with Crippen molar-refractivity contribution in [2.45, 2.75) is 45.1 Å². The Hall–Kier alpha value is -0.570. The second-order valence-corrected chi connectivity index (χ2v) is 4.32. The summed E-state index contributed by atoms with van der Waals surface area (Å²) >= 11 is 0. The Kier molecular flexibility index (Phi) is 4.39. The van der Waals surface area contributed by atoms with Crippen LogP contribution < -0.4 is 0 Å². The highest BCUT2D eigenvalue weighted by Gasteiger charge is 2.24. The molecule has 0 aromatic carbocycles. The van der Waals surface area contributed by atoms with Crippen molar-refractivity contribution in [1.82, 2.24) is 4.90 Å². The molecule has 1 aliphatic rings. The van der Waals surface area contributed by atoms with E-state index in [9.17, 15) is 4.79 Å². The summed E-state index contributed by atoms with van der Waals surface area (Å²) in [6.45, 7) is 2.65. The maximum atomic E-state index is 10.9. The number of carboxylic acid groups (broad SMARTS) is 1. The highest BCUT2D eigenvalue weighted by Crippen LogP contribution is 2.23. The summed E-state index contributed by atoms with van der Waals surface area (Å²) < 4.78 is 0. The maximum Gasteiger partial charge on any atom is 0.307 e. The van der Waals surface area contributed by atoms with Gasteiger partial charge in [0, 0.05) is 12.6 Å². The van der Waals surface area contributed by atoms with Gasteiger partial charge in [-0.2, -0.15) is 0 Å². The maximum absolute atomic E-state index is 10.9. The van der Waals surface area contributed by atoms with Gasteiger partial charge in [-0.1, -0.05) is 19.8 Å². The number of nitrogens with zero attached hydrogens (tertiary/aromatic N) is 1. The molecule has 14 heavy (non-hydrogen) atoms. The molecule has 0 aliphatic heterocycles. The minimum atomic E-state index is -0.655. The molecule has 0 radical (unpaired) electrons. The summed E-state index contributed by atoms with van der Waals surface area (Å²) in [5, 5.41) is 8.94. The summed E-state index contributed by atoms with van der Waals surface area (Å²) in [6.07, 6.45) is 5.82. The Balaban J connectivity index is 2.37. The zero-order valence-electron chi connectivity index (χ0n) is 9.20. The molecule has 3 heteroatoms. The van der Waals surface area contributed by atoms with E-state index in [2.05, 4.69) is 11.9 Å². The first kappa shape index (κ1) is 11.5. The normalized spacial score (nSPS) is 20.2. The van der Waals surface area contributed by atoms with E-state index in [1.807, 2.05) is 6.92 Å². The minimum absolute atomic E-state index is 0.194. The summed E-state index contributed by atoms with van der Waals surface area (Å²) in [5.74, 6) is -0.849. The fourth-order valence-corrected chi connectivity index (χ4v) is 2.22. The molecule has 0 heterocycles. The molecule has 1 rings (SSSR count). The Labute approximate surface area is 86.1 Å².